The van der Waals surface area contributed by atoms with Crippen LogP contribution < -0.4 is 5.32 Å². The number of amides is 1. The monoisotopic (exact) mass is 399 g/mol. The summed E-state index contributed by atoms with van der Waals surface area (Å²) in [6.07, 6.45) is -4.61. The molecule has 0 saturated heterocycles. The zero-order chi connectivity index (χ0) is 20.0. The number of carbonyl (C=O) groups is 1. The number of thioether (sulfide) groups is 1. The summed E-state index contributed by atoms with van der Waals surface area (Å²) in [7, 11) is 1.52. The van der Waals surface area contributed by atoms with Gasteiger partial charge in [0.05, 0.1) is 17.6 Å². The number of methoxy groups -OCH3 is 1. The smallest absolute Gasteiger partial charge is 0.383 e. The van der Waals surface area contributed by atoms with E-state index in [1.807, 2.05) is 0 Å². The molecule has 0 spiro atoms. The third-order valence-corrected chi connectivity index (χ3v) is 4.48. The summed E-state index contributed by atoms with van der Waals surface area (Å²) >= 11 is 0.876. The molecule has 0 aliphatic carbocycles. The first-order chi connectivity index (χ1) is 12.7. The average molecular weight is 399 g/mol. The van der Waals surface area contributed by atoms with Crippen molar-refractivity contribution in [2.24, 2.45) is 0 Å². The summed E-state index contributed by atoms with van der Waals surface area (Å²) in [6.45, 7) is 3.69. The molecule has 0 unspecified atom stereocenters. The molecule has 27 heavy (non-hydrogen) atoms. The lowest BCUT2D eigenvalue weighted by molar-refractivity contribution is -0.141. The summed E-state index contributed by atoms with van der Waals surface area (Å²) < 4.78 is 44.6. The van der Waals surface area contributed by atoms with Crippen LogP contribution in [0, 0.1) is 0 Å². The first-order valence-electron chi connectivity index (χ1n) is 8.18. The molecule has 9 heteroatoms. The van der Waals surface area contributed by atoms with Crippen LogP contribution in [0.1, 0.15) is 19.5 Å². The number of aromatic nitrogens is 2. The minimum Gasteiger partial charge on any atom is -0.383 e. The zero-order valence-electron chi connectivity index (χ0n) is 15.1. The van der Waals surface area contributed by atoms with Crippen molar-refractivity contribution in [3.63, 3.8) is 0 Å². The van der Waals surface area contributed by atoms with Gasteiger partial charge in [0.2, 0.25) is 5.91 Å². The number of nitrogens with zero attached hydrogens (tertiary/aromatic N) is 2. The molecular weight excluding hydrogens is 379 g/mol. The van der Waals surface area contributed by atoms with Gasteiger partial charge < -0.3 is 10.1 Å². The van der Waals surface area contributed by atoms with E-state index < -0.39 is 17.1 Å². The first kappa shape index (κ1) is 21.2. The lowest BCUT2D eigenvalue weighted by Gasteiger charge is -2.17. The van der Waals surface area contributed by atoms with Crippen LogP contribution in [-0.4, -0.2) is 40.9 Å². The Morgan fingerprint density at radius 1 is 1.22 bits per heavy atom. The van der Waals surface area contributed by atoms with E-state index in [0.29, 0.717) is 12.2 Å². The molecule has 0 saturated carbocycles. The van der Waals surface area contributed by atoms with Gasteiger partial charge in [0.15, 0.2) is 5.16 Å². The molecule has 1 amide bonds. The highest BCUT2D eigenvalue weighted by atomic mass is 32.2. The van der Waals surface area contributed by atoms with Gasteiger partial charge in [-0.25, -0.2) is 9.97 Å². The standard InChI is InChI=1S/C18H20F3N3O2S/c1-11(10-26-3)22-16(25)12(2)27-17-23-14(13-7-5-4-6-8-13)9-15(24-17)18(19,20)21/h4-9,11-12H,10H2,1-3H3,(H,22,25)/t11-,12-/m1/s1. The highest BCUT2D eigenvalue weighted by Gasteiger charge is 2.34. The number of nitrogens with one attached hydrogen (secondary N) is 1. The van der Waals surface area contributed by atoms with E-state index in [4.69, 9.17) is 4.74 Å². The van der Waals surface area contributed by atoms with Crippen LogP contribution in [0.3, 0.4) is 0 Å². The van der Waals surface area contributed by atoms with Crippen LogP contribution >= 0.6 is 11.8 Å². The predicted octanol–water partition coefficient (Wildman–Crippen LogP) is 3.79. The fourth-order valence-electron chi connectivity index (χ4n) is 2.24. The van der Waals surface area contributed by atoms with Gasteiger partial charge in [-0.1, -0.05) is 42.1 Å². The van der Waals surface area contributed by atoms with E-state index in [1.54, 1.807) is 44.2 Å². The Kier molecular flexibility index (Phi) is 7.20. The molecule has 5 nitrogen and oxygen atoms in total. The molecule has 2 atom stereocenters. The summed E-state index contributed by atoms with van der Waals surface area (Å²) in [6, 6.07) is 9.21. The van der Waals surface area contributed by atoms with Crippen molar-refractivity contribution in [2.75, 3.05) is 13.7 Å². The fraction of sp³-hybridized carbons (Fsp3) is 0.389. The van der Waals surface area contributed by atoms with Crippen molar-refractivity contribution >= 4 is 17.7 Å². The minimum absolute atomic E-state index is 0.106. The van der Waals surface area contributed by atoms with Crippen molar-refractivity contribution in [3.05, 3.63) is 42.1 Å². The summed E-state index contributed by atoms with van der Waals surface area (Å²) in [5.41, 5.74) is -0.349. The van der Waals surface area contributed by atoms with Crippen molar-refractivity contribution in [2.45, 2.75) is 36.5 Å². The molecular formula is C18H20F3N3O2S. The number of benzene rings is 1. The number of rotatable bonds is 7. The number of halogens is 3. The highest BCUT2D eigenvalue weighted by Crippen LogP contribution is 2.32. The van der Waals surface area contributed by atoms with Crippen LogP contribution in [0.5, 0.6) is 0 Å². The zero-order valence-corrected chi connectivity index (χ0v) is 15.9. The van der Waals surface area contributed by atoms with Gasteiger partial charge in [-0.3, -0.25) is 4.79 Å². The minimum atomic E-state index is -4.61. The molecule has 0 fully saturated rings. The molecule has 1 heterocycles. The first-order valence-corrected chi connectivity index (χ1v) is 9.06. The van der Waals surface area contributed by atoms with Gasteiger partial charge in [0, 0.05) is 18.7 Å². The Hall–Kier alpha value is -2.13. The van der Waals surface area contributed by atoms with Crippen LogP contribution in [0.25, 0.3) is 11.3 Å². The van der Waals surface area contributed by atoms with E-state index in [2.05, 4.69) is 15.3 Å². The molecule has 0 bridgehead atoms. The van der Waals surface area contributed by atoms with Gasteiger partial charge in [-0.15, -0.1) is 0 Å². The second-order valence-electron chi connectivity index (χ2n) is 5.91. The van der Waals surface area contributed by atoms with Gasteiger partial charge in [0.1, 0.15) is 5.69 Å². The van der Waals surface area contributed by atoms with Gasteiger partial charge in [-0.2, -0.15) is 13.2 Å². The van der Waals surface area contributed by atoms with Gasteiger partial charge >= 0.3 is 6.18 Å². The molecule has 146 valence electrons. The van der Waals surface area contributed by atoms with E-state index in [-0.39, 0.29) is 22.8 Å². The molecule has 0 aliphatic rings. The normalized spacial score (nSPS) is 13.9. The molecule has 2 rings (SSSR count). The van der Waals surface area contributed by atoms with Crippen molar-refractivity contribution < 1.29 is 22.7 Å². The van der Waals surface area contributed by atoms with E-state index in [1.165, 1.54) is 7.11 Å². The van der Waals surface area contributed by atoms with Crippen LogP contribution in [0.15, 0.2) is 41.6 Å². The Balaban J connectivity index is 2.26. The topological polar surface area (TPSA) is 64.1 Å². The molecule has 1 aromatic carbocycles. The summed E-state index contributed by atoms with van der Waals surface area (Å²) in [5, 5.41) is 1.95. The maximum Gasteiger partial charge on any atom is 0.433 e. The molecule has 1 N–H and O–H groups in total. The predicted molar refractivity (Wildman–Crippen MR) is 97.3 cm³/mol. The summed E-state index contributed by atoms with van der Waals surface area (Å²) in [5.74, 6) is -0.327. The lowest BCUT2D eigenvalue weighted by Crippen LogP contribution is -2.40. The molecule has 2 aromatic rings. The Bertz CT molecular complexity index is 772. The highest BCUT2D eigenvalue weighted by molar-refractivity contribution is 8.00. The van der Waals surface area contributed by atoms with Crippen LogP contribution in [-0.2, 0) is 15.7 Å². The maximum atomic E-state index is 13.2. The second kappa shape index (κ2) is 9.18. The van der Waals surface area contributed by atoms with Crippen molar-refractivity contribution in [1.82, 2.24) is 15.3 Å². The van der Waals surface area contributed by atoms with Gasteiger partial charge in [-0.05, 0) is 19.9 Å². The average Bonchev–Trinajstić information content (AvgIpc) is 2.61. The van der Waals surface area contributed by atoms with E-state index >= 15 is 0 Å². The third kappa shape index (κ3) is 6.21. The fourth-order valence-corrected chi connectivity index (χ4v) is 3.04. The van der Waals surface area contributed by atoms with Gasteiger partial charge in [0.25, 0.3) is 0 Å². The maximum absolute atomic E-state index is 13.2. The Morgan fingerprint density at radius 2 is 1.89 bits per heavy atom. The molecule has 0 radical (unpaired) electrons. The molecule has 0 aliphatic heterocycles. The van der Waals surface area contributed by atoms with Crippen molar-refractivity contribution in [3.8, 4) is 11.3 Å². The Morgan fingerprint density at radius 3 is 2.48 bits per heavy atom. The van der Waals surface area contributed by atoms with Crippen LogP contribution in [0.4, 0.5) is 13.2 Å². The molecule has 1 aromatic heterocycles. The number of alkyl halides is 3. The largest absolute Gasteiger partial charge is 0.433 e. The quantitative estimate of drug-likeness (QED) is 0.567. The van der Waals surface area contributed by atoms with Crippen molar-refractivity contribution in [1.29, 1.82) is 0 Å². The SMILES string of the molecule is COC[C@@H](C)NC(=O)[C@@H](C)Sc1nc(-c2ccccc2)cc(C(F)(F)F)n1. The van der Waals surface area contributed by atoms with Crippen LogP contribution in [0.2, 0.25) is 0 Å². The summed E-state index contributed by atoms with van der Waals surface area (Å²) in [4.78, 5) is 20.0. The van der Waals surface area contributed by atoms with E-state index in [9.17, 15) is 18.0 Å². The lowest BCUT2D eigenvalue weighted by atomic mass is 10.1. The number of ether oxygens (including phenoxy) is 1. The second-order valence-corrected chi connectivity index (χ2v) is 7.22. The van der Waals surface area contributed by atoms with E-state index in [0.717, 1.165) is 17.8 Å². The number of carbonyl (C=O) groups excluding carboxylic acids is 1. The Labute approximate surface area is 159 Å². The third-order valence-electron chi connectivity index (χ3n) is 3.52. The number of hydrogen-bond donors (Lipinski definition) is 1. The number of hydrogen-bond acceptors (Lipinski definition) is 5.